The third-order valence-corrected chi connectivity index (χ3v) is 3.73. The van der Waals surface area contributed by atoms with E-state index in [0.717, 1.165) is 16.6 Å². The largest absolute Gasteiger partial charge is 0.377 e. The first-order valence-electron chi connectivity index (χ1n) is 6.47. The maximum Gasteiger partial charge on any atom is 0.227 e. The van der Waals surface area contributed by atoms with Gasteiger partial charge in [-0.05, 0) is 24.7 Å². The lowest BCUT2D eigenvalue weighted by Crippen LogP contribution is -2.52. The summed E-state index contributed by atoms with van der Waals surface area (Å²) < 4.78 is 6.45. The highest BCUT2D eigenvalue weighted by molar-refractivity contribution is 9.10. The molecule has 1 heterocycles. The van der Waals surface area contributed by atoms with Crippen LogP contribution in [0.5, 0.6) is 0 Å². The average Bonchev–Trinajstić information content (AvgIpc) is 2.39. The Labute approximate surface area is 122 Å². The van der Waals surface area contributed by atoms with Crippen LogP contribution in [0.15, 0.2) is 28.7 Å². The van der Waals surface area contributed by atoms with E-state index in [-0.39, 0.29) is 11.9 Å². The molecule has 19 heavy (non-hydrogen) atoms. The number of amides is 1. The third kappa shape index (κ3) is 4.03. The average molecular weight is 327 g/mol. The van der Waals surface area contributed by atoms with Gasteiger partial charge in [0.1, 0.15) is 0 Å². The van der Waals surface area contributed by atoms with Gasteiger partial charge in [-0.2, -0.15) is 0 Å². The molecule has 1 atom stereocenters. The number of rotatable bonds is 4. The minimum Gasteiger partial charge on any atom is -0.377 e. The molecule has 104 valence electrons. The van der Waals surface area contributed by atoms with Crippen LogP contribution in [0.25, 0.3) is 0 Å². The molecule has 0 aromatic heterocycles. The van der Waals surface area contributed by atoms with Gasteiger partial charge in [-0.15, -0.1) is 0 Å². The predicted octanol–water partition coefficient (Wildman–Crippen LogP) is 1.44. The highest BCUT2D eigenvalue weighted by Gasteiger charge is 2.26. The van der Waals surface area contributed by atoms with Gasteiger partial charge in [0.05, 0.1) is 25.7 Å². The molecule has 4 nitrogen and oxygen atoms in total. The molecule has 0 aliphatic carbocycles. The van der Waals surface area contributed by atoms with Crippen LogP contribution in [-0.4, -0.2) is 50.2 Å². The van der Waals surface area contributed by atoms with E-state index in [1.54, 1.807) is 0 Å². The molecular weight excluding hydrogens is 308 g/mol. The van der Waals surface area contributed by atoms with E-state index < -0.39 is 0 Å². The zero-order chi connectivity index (χ0) is 13.7. The summed E-state index contributed by atoms with van der Waals surface area (Å²) >= 11 is 3.43. The van der Waals surface area contributed by atoms with Gasteiger partial charge < -0.3 is 15.0 Å². The van der Waals surface area contributed by atoms with E-state index in [4.69, 9.17) is 4.74 Å². The van der Waals surface area contributed by atoms with Crippen molar-refractivity contribution >= 4 is 21.8 Å². The zero-order valence-electron chi connectivity index (χ0n) is 11.1. The van der Waals surface area contributed by atoms with Crippen molar-refractivity contribution in [2.45, 2.75) is 12.5 Å². The summed E-state index contributed by atoms with van der Waals surface area (Å²) in [5, 5.41) is 3.11. The highest BCUT2D eigenvalue weighted by atomic mass is 79.9. The van der Waals surface area contributed by atoms with Crippen LogP contribution < -0.4 is 5.32 Å². The van der Waals surface area contributed by atoms with Gasteiger partial charge in [-0.1, -0.05) is 28.1 Å². The number of ether oxygens (including phenoxy) is 1. The van der Waals surface area contributed by atoms with Gasteiger partial charge in [0, 0.05) is 17.6 Å². The Morgan fingerprint density at radius 3 is 3.16 bits per heavy atom. The monoisotopic (exact) mass is 326 g/mol. The summed E-state index contributed by atoms with van der Waals surface area (Å²) in [6.07, 6.45) is 0.444. The van der Waals surface area contributed by atoms with Crippen LogP contribution in [-0.2, 0) is 16.0 Å². The molecule has 1 unspecified atom stereocenters. The first kappa shape index (κ1) is 14.5. The van der Waals surface area contributed by atoms with Crippen molar-refractivity contribution < 1.29 is 9.53 Å². The Kier molecular flexibility index (Phi) is 5.36. The molecule has 1 aromatic carbocycles. The molecule has 1 saturated heterocycles. The molecule has 1 aliphatic rings. The maximum absolute atomic E-state index is 12.4. The molecule has 5 heteroatoms. The molecule has 2 rings (SSSR count). The smallest absolute Gasteiger partial charge is 0.227 e. The van der Waals surface area contributed by atoms with Crippen LogP contribution in [0.4, 0.5) is 0 Å². The SMILES string of the molecule is CNCC1COCCN1C(=O)Cc1cccc(Br)c1. The third-order valence-electron chi connectivity index (χ3n) is 3.23. The Morgan fingerprint density at radius 1 is 1.58 bits per heavy atom. The zero-order valence-corrected chi connectivity index (χ0v) is 12.6. The van der Waals surface area contributed by atoms with E-state index in [9.17, 15) is 4.79 Å². The topological polar surface area (TPSA) is 41.6 Å². The number of nitrogens with one attached hydrogen (secondary N) is 1. The highest BCUT2D eigenvalue weighted by Crippen LogP contribution is 2.14. The van der Waals surface area contributed by atoms with E-state index in [1.165, 1.54) is 0 Å². The minimum atomic E-state index is 0.137. The summed E-state index contributed by atoms with van der Waals surface area (Å²) in [5.74, 6) is 0.168. The second-order valence-electron chi connectivity index (χ2n) is 4.68. The van der Waals surface area contributed by atoms with Crippen LogP contribution in [0.3, 0.4) is 0 Å². The quantitative estimate of drug-likeness (QED) is 0.910. The number of halogens is 1. The van der Waals surface area contributed by atoms with Crippen molar-refractivity contribution in [2.75, 3.05) is 33.4 Å². The number of hydrogen-bond donors (Lipinski definition) is 1. The van der Waals surface area contributed by atoms with Crippen LogP contribution in [0.1, 0.15) is 5.56 Å². The van der Waals surface area contributed by atoms with Crippen LogP contribution in [0, 0.1) is 0 Å². The molecule has 1 N–H and O–H groups in total. The molecule has 1 amide bonds. The molecule has 0 radical (unpaired) electrons. The van der Waals surface area contributed by atoms with Gasteiger partial charge in [0.2, 0.25) is 5.91 Å². The van der Waals surface area contributed by atoms with Gasteiger partial charge in [0.15, 0.2) is 0 Å². The first-order chi connectivity index (χ1) is 9.20. The summed E-state index contributed by atoms with van der Waals surface area (Å²) in [6, 6.07) is 8.03. The Hall–Kier alpha value is -0.910. The standard InChI is InChI=1S/C14H19BrN2O2/c1-16-9-13-10-19-6-5-17(13)14(18)8-11-3-2-4-12(15)7-11/h2-4,7,13,16H,5-6,8-10H2,1H3. The fourth-order valence-corrected chi connectivity index (χ4v) is 2.76. The normalized spacial score (nSPS) is 19.5. The Balaban J connectivity index is 2.01. The second kappa shape index (κ2) is 7.03. The molecule has 0 spiro atoms. The summed E-state index contributed by atoms with van der Waals surface area (Å²) in [4.78, 5) is 14.3. The summed E-state index contributed by atoms with van der Waals surface area (Å²) in [6.45, 7) is 2.69. The van der Waals surface area contributed by atoms with Gasteiger partial charge in [-0.25, -0.2) is 0 Å². The molecule has 1 fully saturated rings. The van der Waals surface area contributed by atoms with Gasteiger partial charge in [0.25, 0.3) is 0 Å². The van der Waals surface area contributed by atoms with E-state index in [1.807, 2.05) is 36.2 Å². The summed E-state index contributed by atoms with van der Waals surface area (Å²) in [7, 11) is 1.89. The van der Waals surface area contributed by atoms with Crippen LogP contribution in [0.2, 0.25) is 0 Å². The number of nitrogens with zero attached hydrogens (tertiary/aromatic N) is 1. The van der Waals surface area contributed by atoms with Crippen molar-refractivity contribution in [3.8, 4) is 0 Å². The first-order valence-corrected chi connectivity index (χ1v) is 7.26. The van der Waals surface area contributed by atoms with Crippen molar-refractivity contribution in [1.82, 2.24) is 10.2 Å². The number of benzene rings is 1. The fraction of sp³-hybridized carbons (Fsp3) is 0.500. The molecule has 1 aromatic rings. The Bertz CT molecular complexity index is 437. The summed E-state index contributed by atoms with van der Waals surface area (Å²) in [5.41, 5.74) is 1.04. The number of morpholine rings is 1. The van der Waals surface area contributed by atoms with Gasteiger partial charge in [-0.3, -0.25) is 4.79 Å². The van der Waals surface area contributed by atoms with Gasteiger partial charge >= 0.3 is 0 Å². The lowest BCUT2D eigenvalue weighted by atomic mass is 10.1. The Morgan fingerprint density at radius 2 is 2.42 bits per heavy atom. The number of carbonyl (C=O) groups excluding carboxylic acids is 1. The number of likely N-dealkylation sites (N-methyl/N-ethyl adjacent to an activating group) is 1. The van der Waals surface area contributed by atoms with E-state index in [2.05, 4.69) is 21.2 Å². The minimum absolute atomic E-state index is 0.137. The number of hydrogen-bond acceptors (Lipinski definition) is 3. The molecule has 1 aliphatic heterocycles. The van der Waals surface area contributed by atoms with E-state index in [0.29, 0.717) is 26.2 Å². The van der Waals surface area contributed by atoms with Crippen LogP contribution >= 0.6 is 15.9 Å². The molecular formula is C14H19BrN2O2. The predicted molar refractivity (Wildman–Crippen MR) is 78.1 cm³/mol. The van der Waals surface area contributed by atoms with Crippen molar-refractivity contribution in [3.05, 3.63) is 34.3 Å². The lowest BCUT2D eigenvalue weighted by Gasteiger charge is -2.35. The molecule has 0 bridgehead atoms. The lowest BCUT2D eigenvalue weighted by molar-refractivity contribution is -0.138. The van der Waals surface area contributed by atoms with Crippen molar-refractivity contribution in [3.63, 3.8) is 0 Å². The fourth-order valence-electron chi connectivity index (χ4n) is 2.31. The second-order valence-corrected chi connectivity index (χ2v) is 5.60. The van der Waals surface area contributed by atoms with Crippen molar-refractivity contribution in [2.24, 2.45) is 0 Å². The number of carbonyl (C=O) groups is 1. The molecule has 0 saturated carbocycles. The van der Waals surface area contributed by atoms with Crippen molar-refractivity contribution in [1.29, 1.82) is 0 Å². The van der Waals surface area contributed by atoms with E-state index >= 15 is 0 Å². The maximum atomic E-state index is 12.4.